The first-order valence-electron chi connectivity index (χ1n) is 7.31. The average molecular weight is 348 g/mol. The van der Waals surface area contributed by atoms with E-state index in [0.717, 1.165) is 15.6 Å². The number of carbonyl (C=O) groups excluding carboxylic acids is 1. The number of hydroxylamine groups is 1. The Kier molecular flexibility index (Phi) is 5.71. The number of carbonyl (C=O) groups is 1. The highest BCUT2D eigenvalue weighted by Gasteiger charge is 2.20. The molecule has 6 nitrogen and oxygen atoms in total. The Bertz CT molecular complexity index is 799. The van der Waals surface area contributed by atoms with Gasteiger partial charge in [0.15, 0.2) is 0 Å². The van der Waals surface area contributed by atoms with Crippen molar-refractivity contribution in [3.63, 3.8) is 0 Å². The molecule has 0 unspecified atom stereocenters. The number of sulfonamides is 1. The van der Waals surface area contributed by atoms with Crippen LogP contribution in [0.2, 0.25) is 0 Å². The molecule has 0 spiro atoms. The third kappa shape index (κ3) is 4.41. The van der Waals surface area contributed by atoms with Gasteiger partial charge in [0.1, 0.15) is 0 Å². The number of hydrogen-bond donors (Lipinski definition) is 1. The van der Waals surface area contributed by atoms with E-state index in [1.807, 2.05) is 31.2 Å². The van der Waals surface area contributed by atoms with Gasteiger partial charge in [0.2, 0.25) is 5.91 Å². The predicted molar refractivity (Wildman–Crippen MR) is 91.9 cm³/mol. The van der Waals surface area contributed by atoms with E-state index in [1.165, 1.54) is 26.3 Å². The van der Waals surface area contributed by atoms with E-state index in [0.29, 0.717) is 5.69 Å². The van der Waals surface area contributed by atoms with Crippen molar-refractivity contribution < 1.29 is 18.0 Å². The lowest BCUT2D eigenvalue weighted by Crippen LogP contribution is -2.25. The summed E-state index contributed by atoms with van der Waals surface area (Å²) < 4.78 is 24.9. The van der Waals surface area contributed by atoms with Crippen LogP contribution in [-0.2, 0) is 26.1 Å². The summed E-state index contributed by atoms with van der Waals surface area (Å²) in [5.41, 5.74) is 2.59. The molecule has 0 fully saturated rings. The SMILES string of the molecule is CON(C)S(=O)(=O)c1ccc(NC(=O)Cc2ccc(C)cc2)cc1. The smallest absolute Gasteiger partial charge is 0.264 e. The average Bonchev–Trinajstić information content (AvgIpc) is 2.56. The normalized spacial score (nSPS) is 11.5. The molecular weight excluding hydrogens is 328 g/mol. The Balaban J connectivity index is 2.03. The molecule has 0 aromatic heterocycles. The summed E-state index contributed by atoms with van der Waals surface area (Å²) in [5, 5.41) is 2.75. The molecule has 2 aromatic rings. The van der Waals surface area contributed by atoms with Crippen LogP contribution in [0.5, 0.6) is 0 Å². The van der Waals surface area contributed by atoms with Crippen LogP contribution in [0.4, 0.5) is 5.69 Å². The van der Waals surface area contributed by atoms with Gasteiger partial charge in [-0.25, -0.2) is 8.42 Å². The van der Waals surface area contributed by atoms with Crippen molar-refractivity contribution in [3.8, 4) is 0 Å². The maximum Gasteiger partial charge on any atom is 0.264 e. The summed E-state index contributed by atoms with van der Waals surface area (Å²) in [7, 11) is -1.10. The molecule has 2 rings (SSSR count). The second-order valence-corrected chi connectivity index (χ2v) is 7.27. The van der Waals surface area contributed by atoms with Gasteiger partial charge >= 0.3 is 0 Å². The summed E-state index contributed by atoms with van der Waals surface area (Å²) in [5.74, 6) is -0.163. The minimum atomic E-state index is -3.69. The topological polar surface area (TPSA) is 75.7 Å². The third-order valence-electron chi connectivity index (χ3n) is 3.52. The Hall–Kier alpha value is -2.22. The van der Waals surface area contributed by atoms with E-state index >= 15 is 0 Å². The predicted octanol–water partition coefficient (Wildman–Crippen LogP) is 2.36. The van der Waals surface area contributed by atoms with Crippen LogP contribution in [0.25, 0.3) is 0 Å². The highest BCUT2D eigenvalue weighted by atomic mass is 32.2. The molecule has 7 heteroatoms. The molecule has 0 bridgehead atoms. The first-order chi connectivity index (χ1) is 11.3. The Labute approximate surface area is 142 Å². The molecular formula is C17H20N2O4S. The van der Waals surface area contributed by atoms with Gasteiger partial charge in [0.05, 0.1) is 18.4 Å². The molecule has 0 saturated heterocycles. The van der Waals surface area contributed by atoms with Crippen LogP contribution in [0, 0.1) is 6.92 Å². The molecule has 0 atom stereocenters. The Morgan fingerprint density at radius 1 is 1.08 bits per heavy atom. The number of hydrogen-bond acceptors (Lipinski definition) is 4. The molecule has 0 heterocycles. The number of nitrogens with one attached hydrogen (secondary N) is 1. The number of aryl methyl sites for hydroxylation is 1. The summed E-state index contributed by atoms with van der Waals surface area (Å²) in [6.07, 6.45) is 0.257. The zero-order chi connectivity index (χ0) is 17.7. The Morgan fingerprint density at radius 3 is 2.21 bits per heavy atom. The van der Waals surface area contributed by atoms with Gasteiger partial charge in [0.25, 0.3) is 10.0 Å². The van der Waals surface area contributed by atoms with Crippen molar-refractivity contribution in [1.82, 2.24) is 4.47 Å². The van der Waals surface area contributed by atoms with Crippen LogP contribution in [0.1, 0.15) is 11.1 Å². The van der Waals surface area contributed by atoms with Gasteiger partial charge in [-0.15, -0.1) is 0 Å². The molecule has 1 N–H and O–H groups in total. The second kappa shape index (κ2) is 7.57. The molecule has 24 heavy (non-hydrogen) atoms. The maximum absolute atomic E-state index is 12.1. The maximum atomic E-state index is 12.1. The summed E-state index contributed by atoms with van der Waals surface area (Å²) in [6, 6.07) is 13.7. The van der Waals surface area contributed by atoms with Crippen molar-refractivity contribution >= 4 is 21.6 Å². The van der Waals surface area contributed by atoms with Gasteiger partial charge in [-0.05, 0) is 36.8 Å². The van der Waals surface area contributed by atoms with Crippen LogP contribution in [0.3, 0.4) is 0 Å². The summed E-state index contributed by atoms with van der Waals surface area (Å²) in [4.78, 5) is 16.8. The fraction of sp³-hybridized carbons (Fsp3) is 0.235. The number of rotatable bonds is 6. The molecule has 0 aliphatic carbocycles. The van der Waals surface area contributed by atoms with Crippen molar-refractivity contribution in [3.05, 3.63) is 59.7 Å². The molecule has 1 amide bonds. The van der Waals surface area contributed by atoms with E-state index in [-0.39, 0.29) is 17.2 Å². The molecule has 128 valence electrons. The highest BCUT2D eigenvalue weighted by molar-refractivity contribution is 7.89. The quantitative estimate of drug-likeness (QED) is 0.813. The van der Waals surface area contributed by atoms with Gasteiger partial charge in [-0.1, -0.05) is 34.3 Å². The van der Waals surface area contributed by atoms with Crippen molar-refractivity contribution in [1.29, 1.82) is 0 Å². The zero-order valence-electron chi connectivity index (χ0n) is 13.8. The van der Waals surface area contributed by atoms with Gasteiger partial charge in [-0.3, -0.25) is 9.63 Å². The number of nitrogens with zero attached hydrogens (tertiary/aromatic N) is 1. The van der Waals surface area contributed by atoms with Crippen LogP contribution in [0.15, 0.2) is 53.4 Å². The second-order valence-electron chi connectivity index (χ2n) is 5.33. The summed E-state index contributed by atoms with van der Waals surface area (Å²) >= 11 is 0. The van der Waals surface area contributed by atoms with Crippen LogP contribution >= 0.6 is 0 Å². The lowest BCUT2D eigenvalue weighted by molar-refractivity contribution is -0.115. The molecule has 2 aromatic carbocycles. The van der Waals surface area contributed by atoms with Crippen molar-refractivity contribution in [2.24, 2.45) is 0 Å². The molecule has 0 aliphatic heterocycles. The van der Waals surface area contributed by atoms with Crippen LogP contribution in [-0.4, -0.2) is 33.0 Å². The van der Waals surface area contributed by atoms with E-state index < -0.39 is 10.0 Å². The molecule has 0 radical (unpaired) electrons. The summed E-state index contributed by atoms with van der Waals surface area (Å²) in [6.45, 7) is 1.99. The monoisotopic (exact) mass is 348 g/mol. The standard InChI is InChI=1S/C17H20N2O4S/c1-13-4-6-14(7-5-13)12-17(20)18-15-8-10-16(11-9-15)24(21,22)19(2)23-3/h4-11H,12H2,1-3H3,(H,18,20). The number of anilines is 1. The molecule has 0 saturated carbocycles. The van der Waals surface area contributed by atoms with Gasteiger partial charge in [0, 0.05) is 12.7 Å². The van der Waals surface area contributed by atoms with E-state index in [1.54, 1.807) is 12.1 Å². The largest absolute Gasteiger partial charge is 0.326 e. The van der Waals surface area contributed by atoms with Crippen molar-refractivity contribution in [2.45, 2.75) is 18.2 Å². The first-order valence-corrected chi connectivity index (χ1v) is 8.75. The van der Waals surface area contributed by atoms with Crippen molar-refractivity contribution in [2.75, 3.05) is 19.5 Å². The first kappa shape index (κ1) is 18.1. The minimum absolute atomic E-state index is 0.0865. The number of benzene rings is 2. The fourth-order valence-corrected chi connectivity index (χ4v) is 3.03. The fourth-order valence-electron chi connectivity index (χ4n) is 2.05. The van der Waals surface area contributed by atoms with E-state index in [4.69, 9.17) is 4.84 Å². The molecule has 0 aliphatic rings. The zero-order valence-corrected chi connectivity index (χ0v) is 14.6. The third-order valence-corrected chi connectivity index (χ3v) is 5.21. The number of amides is 1. The lowest BCUT2D eigenvalue weighted by atomic mass is 10.1. The highest BCUT2D eigenvalue weighted by Crippen LogP contribution is 2.17. The van der Waals surface area contributed by atoms with Crippen LogP contribution < -0.4 is 5.32 Å². The van der Waals surface area contributed by atoms with Gasteiger partial charge in [-0.2, -0.15) is 0 Å². The Morgan fingerprint density at radius 2 is 1.67 bits per heavy atom. The van der Waals surface area contributed by atoms with Gasteiger partial charge < -0.3 is 5.32 Å². The van der Waals surface area contributed by atoms with E-state index in [9.17, 15) is 13.2 Å². The minimum Gasteiger partial charge on any atom is -0.326 e. The van der Waals surface area contributed by atoms with E-state index in [2.05, 4.69) is 5.32 Å². The lowest BCUT2D eigenvalue weighted by Gasteiger charge is -2.14.